The summed E-state index contributed by atoms with van der Waals surface area (Å²) in [6.07, 6.45) is 3.64. The lowest BCUT2D eigenvalue weighted by atomic mass is 9.98. The lowest BCUT2D eigenvalue weighted by molar-refractivity contribution is -0.137. The Morgan fingerprint density at radius 2 is 1.52 bits per heavy atom. The quantitative estimate of drug-likeness (QED) is 0.251. The van der Waals surface area contributed by atoms with E-state index in [0.717, 1.165) is 43.6 Å². The first-order valence-electron chi connectivity index (χ1n) is 17.1. The highest BCUT2D eigenvalue weighted by Crippen LogP contribution is 2.35. The van der Waals surface area contributed by atoms with Gasteiger partial charge in [0.25, 0.3) is 0 Å². The third-order valence-electron chi connectivity index (χ3n) is 10.2. The number of rotatable bonds is 7. The molecule has 4 heterocycles. The predicted molar refractivity (Wildman–Crippen MR) is 190 cm³/mol. The van der Waals surface area contributed by atoms with Gasteiger partial charge in [0.2, 0.25) is 5.91 Å². The van der Waals surface area contributed by atoms with Crippen LogP contribution in [0.25, 0.3) is 11.3 Å². The van der Waals surface area contributed by atoms with Crippen molar-refractivity contribution in [3.8, 4) is 17.0 Å². The van der Waals surface area contributed by atoms with Crippen LogP contribution in [0, 0.1) is 0 Å². The van der Waals surface area contributed by atoms with E-state index in [1.165, 1.54) is 42.2 Å². The smallest absolute Gasteiger partial charge is 0.416 e. The number of benzene rings is 2. The van der Waals surface area contributed by atoms with Gasteiger partial charge < -0.3 is 30.1 Å². The number of H-pyrrole nitrogens is 1. The number of alkyl halides is 3. The van der Waals surface area contributed by atoms with Crippen molar-refractivity contribution < 1.29 is 27.9 Å². The maximum Gasteiger partial charge on any atom is 0.416 e. The van der Waals surface area contributed by atoms with Gasteiger partial charge in [-0.15, -0.1) is 0 Å². The lowest BCUT2D eigenvalue weighted by Gasteiger charge is -2.41. The average molecular weight is 827 g/mol. The highest BCUT2D eigenvalue weighted by Gasteiger charge is 2.34. The second kappa shape index (κ2) is 15.5. The van der Waals surface area contributed by atoms with Crippen molar-refractivity contribution >= 4 is 43.8 Å². The Bertz CT molecular complexity index is 1720. The number of imidazole rings is 1. The molecule has 1 aromatic heterocycles. The Hall–Kier alpha value is -3.30. The molecule has 6 rings (SSSR count). The number of nitrogens with zero attached hydrogens (tertiary/aromatic N) is 4. The second-order valence-corrected chi connectivity index (χ2v) is 15.2. The summed E-state index contributed by atoms with van der Waals surface area (Å²) in [7, 11) is 0. The molecule has 0 unspecified atom stereocenters. The number of halogens is 5. The normalized spacial score (nSPS) is 19.1. The lowest BCUT2D eigenvalue weighted by Crippen LogP contribution is -2.56. The molecule has 3 saturated heterocycles. The summed E-state index contributed by atoms with van der Waals surface area (Å²) in [5.41, 5.74) is 0.0702. The van der Waals surface area contributed by atoms with E-state index in [0.29, 0.717) is 54.0 Å². The number of urea groups is 1. The van der Waals surface area contributed by atoms with Crippen LogP contribution in [0.4, 0.5) is 18.0 Å². The zero-order chi connectivity index (χ0) is 35.6. The molecule has 270 valence electrons. The van der Waals surface area contributed by atoms with Crippen LogP contribution in [0.1, 0.15) is 62.1 Å². The molecular weight excluding hydrogens is 785 g/mol. The molecule has 3 aliphatic rings. The number of aromatic amines is 1. The van der Waals surface area contributed by atoms with Gasteiger partial charge in [-0.25, -0.2) is 9.59 Å². The molecule has 3 aromatic rings. The standard InChI is InChI=1S/C35H41Br2F3N6O4/c36-27-17-22(18-28(37)31(27)47)19-29(32(48)44-13-7-25(8-14-44)43-11-2-1-3-12-43)41-33(49)45-15-9-26(10-16-45)46-21-30(42-34(46)50)23-5-4-6-24(20-23)35(38,39)40/h4-6,17-18,20-21,25-26,29,47H,1-3,7-16,19H2,(H,41,49)(H,42,50)/t29-/m0/s1. The monoisotopic (exact) mass is 824 g/mol. The van der Waals surface area contributed by atoms with E-state index in [9.17, 15) is 32.7 Å². The minimum atomic E-state index is -4.50. The van der Waals surface area contributed by atoms with Crippen molar-refractivity contribution in [1.29, 1.82) is 0 Å². The summed E-state index contributed by atoms with van der Waals surface area (Å²) >= 11 is 6.73. The number of nitrogens with one attached hydrogen (secondary N) is 2. The molecule has 0 saturated carbocycles. The van der Waals surface area contributed by atoms with E-state index in [-0.39, 0.29) is 41.4 Å². The van der Waals surface area contributed by atoms with Gasteiger partial charge in [-0.2, -0.15) is 13.2 Å². The first kappa shape index (κ1) is 36.5. The third-order valence-corrected chi connectivity index (χ3v) is 11.4. The van der Waals surface area contributed by atoms with Crippen LogP contribution >= 0.6 is 31.9 Å². The van der Waals surface area contributed by atoms with E-state index < -0.39 is 23.5 Å². The van der Waals surface area contributed by atoms with E-state index in [4.69, 9.17) is 0 Å². The molecule has 1 atom stereocenters. The van der Waals surface area contributed by atoms with Gasteiger partial charge in [-0.05, 0) is 113 Å². The predicted octanol–water partition coefficient (Wildman–Crippen LogP) is 6.53. The molecule has 3 N–H and O–H groups in total. The topological polar surface area (TPSA) is 114 Å². The van der Waals surface area contributed by atoms with Crippen LogP contribution in [-0.2, 0) is 17.4 Å². The summed E-state index contributed by atoms with van der Waals surface area (Å²) in [6, 6.07) is 7.28. The highest BCUT2D eigenvalue weighted by atomic mass is 79.9. The number of amides is 3. The molecule has 0 radical (unpaired) electrons. The molecule has 10 nitrogen and oxygen atoms in total. The number of hydrogen-bond acceptors (Lipinski definition) is 5. The minimum absolute atomic E-state index is 0.0480. The SMILES string of the molecule is O=C(N[C@@H](Cc1cc(Br)c(O)c(Br)c1)C(=O)N1CCC(N2CCCCC2)CC1)N1CCC(n2cc(-c3cccc(C(F)(F)F)c3)[nH]c2=O)CC1. The molecule has 50 heavy (non-hydrogen) atoms. The summed E-state index contributed by atoms with van der Waals surface area (Å²) in [4.78, 5) is 49.2. The van der Waals surface area contributed by atoms with Crippen LogP contribution < -0.4 is 11.0 Å². The summed E-state index contributed by atoms with van der Waals surface area (Å²) in [5.74, 6) is -0.0987. The molecule has 3 aliphatic heterocycles. The third kappa shape index (κ3) is 8.42. The zero-order valence-electron chi connectivity index (χ0n) is 27.5. The van der Waals surface area contributed by atoms with Crippen molar-refractivity contribution in [3.63, 3.8) is 0 Å². The summed E-state index contributed by atoms with van der Waals surface area (Å²) in [6.45, 7) is 4.10. The largest absolute Gasteiger partial charge is 0.506 e. The van der Waals surface area contributed by atoms with E-state index in [2.05, 4.69) is 47.1 Å². The number of likely N-dealkylation sites (tertiary alicyclic amines) is 3. The molecule has 0 aliphatic carbocycles. The van der Waals surface area contributed by atoms with E-state index in [1.807, 2.05) is 4.90 Å². The first-order valence-corrected chi connectivity index (χ1v) is 18.7. The Morgan fingerprint density at radius 1 is 0.900 bits per heavy atom. The fourth-order valence-electron chi connectivity index (χ4n) is 7.41. The van der Waals surface area contributed by atoms with E-state index in [1.54, 1.807) is 17.0 Å². The number of phenolic OH excluding ortho intramolecular Hbond substituents is 1. The molecule has 15 heteroatoms. The van der Waals surface area contributed by atoms with Gasteiger partial charge in [0.1, 0.15) is 11.8 Å². The van der Waals surface area contributed by atoms with Crippen LogP contribution in [0.15, 0.2) is 56.3 Å². The van der Waals surface area contributed by atoms with Crippen molar-refractivity contribution in [2.75, 3.05) is 39.3 Å². The molecular formula is C35H41Br2F3N6O4. The van der Waals surface area contributed by atoms with Gasteiger partial charge in [-0.1, -0.05) is 18.6 Å². The van der Waals surface area contributed by atoms with Gasteiger partial charge in [0, 0.05) is 56.4 Å². The van der Waals surface area contributed by atoms with Crippen LogP contribution in [-0.4, -0.2) is 92.6 Å². The van der Waals surface area contributed by atoms with Crippen LogP contribution in [0.5, 0.6) is 5.75 Å². The van der Waals surface area contributed by atoms with Crippen LogP contribution in [0.3, 0.4) is 0 Å². The highest BCUT2D eigenvalue weighted by molar-refractivity contribution is 9.11. The number of aromatic nitrogens is 2. The average Bonchev–Trinajstić information content (AvgIpc) is 3.51. The van der Waals surface area contributed by atoms with Gasteiger partial charge >= 0.3 is 17.9 Å². The number of hydrogen-bond donors (Lipinski definition) is 3. The second-order valence-electron chi connectivity index (χ2n) is 13.4. The zero-order valence-corrected chi connectivity index (χ0v) is 30.7. The molecule has 0 spiro atoms. The van der Waals surface area contributed by atoms with Crippen molar-refractivity contribution in [3.05, 3.63) is 73.2 Å². The molecule has 0 bridgehead atoms. The fourth-order valence-corrected chi connectivity index (χ4v) is 8.69. The Balaban J connectivity index is 1.11. The first-order chi connectivity index (χ1) is 23.9. The number of phenols is 1. The molecule has 2 aromatic carbocycles. The van der Waals surface area contributed by atoms with Crippen molar-refractivity contribution in [2.45, 2.75) is 75.7 Å². The molecule has 3 amide bonds. The van der Waals surface area contributed by atoms with Crippen molar-refractivity contribution in [1.82, 2.24) is 29.6 Å². The maximum atomic E-state index is 14.0. The van der Waals surface area contributed by atoms with Gasteiger partial charge in [0.05, 0.1) is 20.2 Å². The number of carbonyl (C=O) groups excluding carboxylic acids is 2. The summed E-state index contributed by atoms with van der Waals surface area (Å²) in [5, 5.41) is 13.2. The van der Waals surface area contributed by atoms with E-state index >= 15 is 0 Å². The van der Waals surface area contributed by atoms with Gasteiger partial charge in [-0.3, -0.25) is 9.36 Å². The van der Waals surface area contributed by atoms with Crippen LogP contribution in [0.2, 0.25) is 0 Å². The Morgan fingerprint density at radius 3 is 2.16 bits per heavy atom. The van der Waals surface area contributed by atoms with Gasteiger partial charge in [0.15, 0.2) is 0 Å². The Kier molecular flexibility index (Phi) is 11.3. The fraction of sp³-hybridized carbons (Fsp3) is 0.514. The minimum Gasteiger partial charge on any atom is -0.506 e. The summed E-state index contributed by atoms with van der Waals surface area (Å²) < 4.78 is 42.2. The van der Waals surface area contributed by atoms with Crippen molar-refractivity contribution in [2.24, 2.45) is 0 Å². The maximum absolute atomic E-state index is 14.0. The Labute approximate surface area is 305 Å². The number of piperidine rings is 3. The number of aromatic hydroxyl groups is 1. The number of carbonyl (C=O) groups is 2. The molecule has 3 fully saturated rings.